The molecule has 1 saturated carbocycles. The molecule has 5 nitrogen and oxygen atoms in total. The molecule has 0 amide bonds. The van der Waals surface area contributed by atoms with Gasteiger partial charge < -0.3 is 10.5 Å². The van der Waals surface area contributed by atoms with Gasteiger partial charge in [0, 0.05) is 6.07 Å². The normalized spacial score (nSPS) is 16.6. The van der Waals surface area contributed by atoms with Gasteiger partial charge in [-0.3, -0.25) is 10.1 Å². The average molecular weight is 236 g/mol. The third-order valence-electron chi connectivity index (χ3n) is 3.46. The van der Waals surface area contributed by atoms with Crippen molar-refractivity contribution in [1.29, 1.82) is 0 Å². The van der Waals surface area contributed by atoms with E-state index < -0.39 is 4.92 Å². The molecule has 17 heavy (non-hydrogen) atoms. The largest absolute Gasteiger partial charge is 0.490 e. The van der Waals surface area contributed by atoms with Crippen LogP contribution in [0.4, 0.5) is 5.69 Å². The summed E-state index contributed by atoms with van der Waals surface area (Å²) >= 11 is 0. The molecule has 1 aromatic carbocycles. The molecule has 0 radical (unpaired) electrons. The Morgan fingerprint density at radius 2 is 2.24 bits per heavy atom. The van der Waals surface area contributed by atoms with Gasteiger partial charge in [-0.1, -0.05) is 6.07 Å². The van der Waals surface area contributed by atoms with Crippen LogP contribution in [0.1, 0.15) is 24.8 Å². The lowest BCUT2D eigenvalue weighted by Crippen LogP contribution is -2.13. The maximum atomic E-state index is 10.9. The highest BCUT2D eigenvalue weighted by Crippen LogP contribution is 2.51. The van der Waals surface area contributed by atoms with Crippen LogP contribution in [-0.2, 0) is 5.41 Å². The van der Waals surface area contributed by atoms with Gasteiger partial charge >= 0.3 is 5.69 Å². The van der Waals surface area contributed by atoms with E-state index in [1.54, 1.807) is 12.1 Å². The van der Waals surface area contributed by atoms with Crippen molar-refractivity contribution in [2.24, 2.45) is 5.73 Å². The van der Waals surface area contributed by atoms with Crippen molar-refractivity contribution in [3.05, 3.63) is 33.9 Å². The minimum atomic E-state index is -0.402. The van der Waals surface area contributed by atoms with Gasteiger partial charge in [0.2, 0.25) is 0 Å². The zero-order valence-corrected chi connectivity index (χ0v) is 9.81. The van der Waals surface area contributed by atoms with E-state index in [-0.39, 0.29) is 11.1 Å². The van der Waals surface area contributed by atoms with Crippen LogP contribution in [0.15, 0.2) is 18.2 Å². The summed E-state index contributed by atoms with van der Waals surface area (Å²) in [6, 6.07) is 5.21. The van der Waals surface area contributed by atoms with Crippen molar-refractivity contribution < 1.29 is 9.66 Å². The van der Waals surface area contributed by atoms with Crippen LogP contribution >= 0.6 is 0 Å². The highest BCUT2D eigenvalue weighted by Gasteiger charge is 2.44. The topological polar surface area (TPSA) is 78.4 Å². The summed E-state index contributed by atoms with van der Waals surface area (Å²) in [4.78, 5) is 10.5. The number of hydrogen-bond donors (Lipinski definition) is 1. The van der Waals surface area contributed by atoms with Gasteiger partial charge in [-0.05, 0) is 42.9 Å². The predicted molar refractivity (Wildman–Crippen MR) is 64.2 cm³/mol. The SMILES string of the molecule is COc1ccc(C2(CCN)CC2)cc1[N+](=O)[O-]. The molecule has 1 aliphatic rings. The molecule has 1 aliphatic carbocycles. The number of methoxy groups -OCH3 is 1. The van der Waals surface area contributed by atoms with Crippen LogP contribution in [0, 0.1) is 10.1 Å². The number of ether oxygens (including phenoxy) is 1. The summed E-state index contributed by atoms with van der Waals surface area (Å²) in [5.74, 6) is 0.308. The zero-order valence-electron chi connectivity index (χ0n) is 9.81. The highest BCUT2D eigenvalue weighted by atomic mass is 16.6. The minimum absolute atomic E-state index is 0.0355. The summed E-state index contributed by atoms with van der Waals surface area (Å²) < 4.78 is 4.99. The van der Waals surface area contributed by atoms with E-state index in [1.807, 2.05) is 6.07 Å². The van der Waals surface area contributed by atoms with Gasteiger partial charge in [0.1, 0.15) is 0 Å². The molecule has 0 atom stereocenters. The van der Waals surface area contributed by atoms with Crippen LogP contribution in [0.5, 0.6) is 5.75 Å². The standard InChI is InChI=1S/C12H16N2O3/c1-17-11-3-2-9(8-10(11)14(15)16)12(4-5-12)6-7-13/h2-3,8H,4-7,13H2,1H3. The van der Waals surface area contributed by atoms with Crippen LogP contribution in [0.2, 0.25) is 0 Å². The number of nitrogens with two attached hydrogens (primary N) is 1. The van der Waals surface area contributed by atoms with Crippen molar-refractivity contribution in [2.75, 3.05) is 13.7 Å². The molecule has 0 aromatic heterocycles. The first-order valence-electron chi connectivity index (χ1n) is 5.66. The number of nitro groups is 1. The maximum absolute atomic E-state index is 10.9. The van der Waals surface area contributed by atoms with E-state index in [4.69, 9.17) is 10.5 Å². The lowest BCUT2D eigenvalue weighted by Gasteiger charge is -2.14. The first-order chi connectivity index (χ1) is 8.13. The van der Waals surface area contributed by atoms with E-state index in [0.29, 0.717) is 12.3 Å². The fraction of sp³-hybridized carbons (Fsp3) is 0.500. The monoisotopic (exact) mass is 236 g/mol. The fourth-order valence-electron chi connectivity index (χ4n) is 2.27. The Balaban J connectivity index is 2.37. The van der Waals surface area contributed by atoms with Gasteiger partial charge in [-0.2, -0.15) is 0 Å². The Labute approximate surface area is 99.7 Å². The van der Waals surface area contributed by atoms with Gasteiger partial charge in [0.05, 0.1) is 12.0 Å². The van der Waals surface area contributed by atoms with Crippen LogP contribution in [0.3, 0.4) is 0 Å². The first-order valence-corrected chi connectivity index (χ1v) is 5.66. The molecule has 1 fully saturated rings. The van der Waals surface area contributed by atoms with Crippen molar-refractivity contribution >= 4 is 5.69 Å². The van der Waals surface area contributed by atoms with E-state index in [0.717, 1.165) is 24.8 Å². The Morgan fingerprint density at radius 3 is 2.71 bits per heavy atom. The summed E-state index contributed by atoms with van der Waals surface area (Å²) in [6.07, 6.45) is 3.01. The lowest BCUT2D eigenvalue weighted by molar-refractivity contribution is -0.385. The number of benzene rings is 1. The van der Waals surface area contributed by atoms with E-state index in [9.17, 15) is 10.1 Å². The Hall–Kier alpha value is -1.62. The Kier molecular flexibility index (Phi) is 3.02. The maximum Gasteiger partial charge on any atom is 0.311 e. The van der Waals surface area contributed by atoms with E-state index in [2.05, 4.69) is 0 Å². The summed E-state index contributed by atoms with van der Waals surface area (Å²) in [5.41, 5.74) is 6.71. The van der Waals surface area contributed by atoms with E-state index >= 15 is 0 Å². The van der Waals surface area contributed by atoms with Gasteiger partial charge in [-0.25, -0.2) is 0 Å². The molecule has 0 heterocycles. The predicted octanol–water partition coefficient (Wildman–Crippen LogP) is 1.98. The molecular formula is C12H16N2O3. The Bertz CT molecular complexity index is 441. The quantitative estimate of drug-likeness (QED) is 0.626. The van der Waals surface area contributed by atoms with E-state index in [1.165, 1.54) is 7.11 Å². The molecule has 0 aliphatic heterocycles. The third-order valence-corrected chi connectivity index (χ3v) is 3.46. The molecule has 2 N–H and O–H groups in total. The van der Waals surface area contributed by atoms with Gasteiger partial charge in [0.25, 0.3) is 0 Å². The summed E-state index contributed by atoms with van der Waals surface area (Å²) in [7, 11) is 1.44. The molecule has 1 aromatic rings. The van der Waals surface area contributed by atoms with Crippen molar-refractivity contribution in [3.8, 4) is 5.75 Å². The summed E-state index contributed by atoms with van der Waals surface area (Å²) in [6.45, 7) is 0.611. The zero-order chi connectivity index (χ0) is 12.5. The molecule has 92 valence electrons. The minimum Gasteiger partial charge on any atom is -0.490 e. The number of nitro benzene ring substituents is 1. The number of rotatable bonds is 5. The fourth-order valence-corrected chi connectivity index (χ4v) is 2.27. The average Bonchev–Trinajstić information content (AvgIpc) is 3.09. The third kappa shape index (κ3) is 2.10. The molecule has 0 bridgehead atoms. The molecular weight excluding hydrogens is 220 g/mol. The van der Waals surface area contributed by atoms with Crippen molar-refractivity contribution in [3.63, 3.8) is 0 Å². The van der Waals surface area contributed by atoms with Crippen LogP contribution in [-0.4, -0.2) is 18.6 Å². The smallest absolute Gasteiger partial charge is 0.311 e. The highest BCUT2D eigenvalue weighted by molar-refractivity contribution is 5.51. The number of nitrogens with zero attached hydrogens (tertiary/aromatic N) is 1. The molecule has 5 heteroatoms. The second kappa shape index (κ2) is 4.33. The van der Waals surface area contributed by atoms with Gasteiger partial charge in [0.15, 0.2) is 5.75 Å². The second-order valence-electron chi connectivity index (χ2n) is 4.46. The molecule has 0 unspecified atom stereocenters. The second-order valence-corrected chi connectivity index (χ2v) is 4.46. The van der Waals surface area contributed by atoms with Crippen LogP contribution in [0.25, 0.3) is 0 Å². The summed E-state index contributed by atoms with van der Waals surface area (Å²) in [5, 5.41) is 10.9. The Morgan fingerprint density at radius 1 is 1.53 bits per heavy atom. The molecule has 0 saturated heterocycles. The first kappa shape index (κ1) is 11.9. The van der Waals surface area contributed by atoms with Crippen molar-refractivity contribution in [2.45, 2.75) is 24.7 Å². The van der Waals surface area contributed by atoms with Crippen LogP contribution < -0.4 is 10.5 Å². The van der Waals surface area contributed by atoms with Crippen molar-refractivity contribution in [1.82, 2.24) is 0 Å². The molecule has 0 spiro atoms. The number of hydrogen-bond acceptors (Lipinski definition) is 4. The lowest BCUT2D eigenvalue weighted by atomic mass is 9.92. The van der Waals surface area contributed by atoms with Gasteiger partial charge in [-0.15, -0.1) is 0 Å². The molecule has 2 rings (SSSR count).